The smallest absolute Gasteiger partial charge is 0.0236 e. The highest BCUT2D eigenvalue weighted by molar-refractivity contribution is 5.36. The lowest BCUT2D eigenvalue weighted by Gasteiger charge is -2.31. The Hall–Kier alpha value is -0.820. The molecule has 1 nitrogen and oxygen atoms in total. The molecule has 2 rings (SSSR count). The molecular weight excluding hydrogens is 218 g/mol. The zero-order valence-electron chi connectivity index (χ0n) is 12.8. The molecule has 0 spiro atoms. The van der Waals surface area contributed by atoms with Crippen molar-refractivity contribution in [1.29, 1.82) is 0 Å². The molecule has 1 aromatic carbocycles. The molecule has 1 aromatic rings. The van der Waals surface area contributed by atoms with Crippen molar-refractivity contribution in [2.24, 2.45) is 5.92 Å². The number of hydrogen-bond donors (Lipinski definition) is 0. The molecule has 1 unspecified atom stereocenters. The third kappa shape index (κ3) is 3.84. The Bertz CT molecular complexity index is 357. The molecule has 0 radical (unpaired) electrons. The maximum absolute atomic E-state index is 2.61. The van der Waals surface area contributed by atoms with Crippen molar-refractivity contribution in [3.63, 3.8) is 0 Å². The summed E-state index contributed by atoms with van der Waals surface area (Å²) in [6.45, 7) is 14.5. The zero-order chi connectivity index (χ0) is 13.5. The van der Waals surface area contributed by atoms with Gasteiger partial charge in [-0.3, -0.25) is 4.90 Å². The third-order valence-electron chi connectivity index (χ3n) is 3.85. The van der Waals surface area contributed by atoms with E-state index in [-0.39, 0.29) is 0 Å². The minimum atomic E-state index is 0.825. The fraction of sp³-hybridized carbons (Fsp3) is 0.647. The summed E-state index contributed by atoms with van der Waals surface area (Å²) in [6, 6.07) is 6.73. The second-order valence-electron chi connectivity index (χ2n) is 5.21. The van der Waals surface area contributed by atoms with Gasteiger partial charge in [0.15, 0.2) is 0 Å². The lowest BCUT2D eigenvalue weighted by atomic mass is 9.94. The van der Waals surface area contributed by atoms with Gasteiger partial charge in [-0.25, -0.2) is 0 Å². The van der Waals surface area contributed by atoms with Gasteiger partial charge in [0, 0.05) is 19.6 Å². The molecule has 1 aliphatic rings. The van der Waals surface area contributed by atoms with E-state index in [2.05, 4.69) is 43.9 Å². The van der Waals surface area contributed by atoms with Gasteiger partial charge in [0.1, 0.15) is 0 Å². The molecule has 0 aliphatic carbocycles. The van der Waals surface area contributed by atoms with Crippen molar-refractivity contribution in [2.75, 3.05) is 13.1 Å². The largest absolute Gasteiger partial charge is 0.298 e. The van der Waals surface area contributed by atoms with E-state index in [0.29, 0.717) is 0 Å². The standard InChI is InChI=1S/C15H23N.C2H6/c1-4-12(2)10-16-9-8-15-13(3)6-5-7-14(15)11-16;1-2/h5-7,12H,4,8-11H2,1-3H3;1-2H3. The van der Waals surface area contributed by atoms with Crippen LogP contribution < -0.4 is 0 Å². The van der Waals surface area contributed by atoms with Crippen molar-refractivity contribution in [3.8, 4) is 0 Å². The van der Waals surface area contributed by atoms with Gasteiger partial charge in [-0.05, 0) is 36.0 Å². The number of aryl methyl sites for hydroxylation is 1. The van der Waals surface area contributed by atoms with Crippen LogP contribution in [0.4, 0.5) is 0 Å². The molecule has 0 bridgehead atoms. The van der Waals surface area contributed by atoms with Gasteiger partial charge in [-0.2, -0.15) is 0 Å². The van der Waals surface area contributed by atoms with Crippen molar-refractivity contribution < 1.29 is 0 Å². The molecule has 0 fully saturated rings. The molecular formula is C17H29N. The highest BCUT2D eigenvalue weighted by Crippen LogP contribution is 2.22. The zero-order valence-corrected chi connectivity index (χ0v) is 12.8. The minimum absolute atomic E-state index is 0.825. The average molecular weight is 247 g/mol. The van der Waals surface area contributed by atoms with Crippen LogP contribution in [0.3, 0.4) is 0 Å². The van der Waals surface area contributed by atoms with E-state index < -0.39 is 0 Å². The number of benzene rings is 1. The summed E-state index contributed by atoms with van der Waals surface area (Å²) >= 11 is 0. The Morgan fingerprint density at radius 1 is 1.28 bits per heavy atom. The fourth-order valence-corrected chi connectivity index (χ4v) is 2.58. The lowest BCUT2D eigenvalue weighted by molar-refractivity contribution is 0.217. The van der Waals surface area contributed by atoms with Gasteiger partial charge in [-0.15, -0.1) is 0 Å². The quantitative estimate of drug-likeness (QED) is 0.764. The number of nitrogens with zero attached hydrogens (tertiary/aromatic N) is 1. The molecule has 102 valence electrons. The summed E-state index contributed by atoms with van der Waals surface area (Å²) in [5.41, 5.74) is 4.62. The van der Waals surface area contributed by atoms with Crippen molar-refractivity contribution in [2.45, 2.75) is 54.0 Å². The predicted molar refractivity (Wildman–Crippen MR) is 81.0 cm³/mol. The molecule has 1 aliphatic heterocycles. The van der Waals surface area contributed by atoms with Gasteiger partial charge in [0.05, 0.1) is 0 Å². The summed E-state index contributed by atoms with van der Waals surface area (Å²) < 4.78 is 0. The fourth-order valence-electron chi connectivity index (χ4n) is 2.58. The molecule has 0 saturated carbocycles. The Labute approximate surface area is 113 Å². The molecule has 0 aromatic heterocycles. The molecule has 1 heteroatoms. The van der Waals surface area contributed by atoms with Gasteiger partial charge in [0.25, 0.3) is 0 Å². The van der Waals surface area contributed by atoms with Gasteiger partial charge < -0.3 is 0 Å². The second-order valence-corrected chi connectivity index (χ2v) is 5.21. The lowest BCUT2D eigenvalue weighted by Crippen LogP contribution is -2.34. The van der Waals surface area contributed by atoms with Crippen molar-refractivity contribution >= 4 is 0 Å². The van der Waals surface area contributed by atoms with Crippen LogP contribution >= 0.6 is 0 Å². The Kier molecular flexibility index (Phi) is 6.42. The first-order valence-electron chi connectivity index (χ1n) is 7.50. The van der Waals surface area contributed by atoms with E-state index in [1.54, 1.807) is 11.1 Å². The van der Waals surface area contributed by atoms with Crippen LogP contribution in [0.15, 0.2) is 18.2 Å². The van der Waals surface area contributed by atoms with E-state index in [4.69, 9.17) is 0 Å². The van der Waals surface area contributed by atoms with Gasteiger partial charge in [-0.1, -0.05) is 52.3 Å². The number of fused-ring (bicyclic) bond motifs is 1. The molecule has 0 saturated heterocycles. The number of rotatable bonds is 3. The number of hydrogen-bond acceptors (Lipinski definition) is 1. The first-order chi connectivity index (χ1) is 8.70. The molecule has 1 heterocycles. The first-order valence-corrected chi connectivity index (χ1v) is 7.50. The first kappa shape index (κ1) is 15.2. The molecule has 18 heavy (non-hydrogen) atoms. The van der Waals surface area contributed by atoms with Gasteiger partial charge in [0.2, 0.25) is 0 Å². The van der Waals surface area contributed by atoms with Crippen LogP contribution in [0, 0.1) is 12.8 Å². The minimum Gasteiger partial charge on any atom is -0.298 e. The van der Waals surface area contributed by atoms with Crippen LogP contribution in [-0.4, -0.2) is 18.0 Å². The highest BCUT2D eigenvalue weighted by Gasteiger charge is 2.18. The maximum Gasteiger partial charge on any atom is 0.0236 e. The summed E-state index contributed by atoms with van der Waals surface area (Å²) in [7, 11) is 0. The highest BCUT2D eigenvalue weighted by atomic mass is 15.1. The normalized spacial score (nSPS) is 16.5. The van der Waals surface area contributed by atoms with Crippen LogP contribution in [0.1, 0.15) is 50.8 Å². The van der Waals surface area contributed by atoms with Crippen LogP contribution in [-0.2, 0) is 13.0 Å². The van der Waals surface area contributed by atoms with Crippen LogP contribution in [0.2, 0.25) is 0 Å². The topological polar surface area (TPSA) is 3.24 Å². The monoisotopic (exact) mass is 247 g/mol. The second kappa shape index (κ2) is 7.58. The molecule has 0 amide bonds. The van der Waals surface area contributed by atoms with Crippen LogP contribution in [0.5, 0.6) is 0 Å². The van der Waals surface area contributed by atoms with E-state index >= 15 is 0 Å². The summed E-state index contributed by atoms with van der Waals surface area (Å²) in [4.78, 5) is 2.61. The predicted octanol–water partition coefficient (Wildman–Crippen LogP) is 4.43. The third-order valence-corrected chi connectivity index (χ3v) is 3.85. The van der Waals surface area contributed by atoms with Crippen LogP contribution in [0.25, 0.3) is 0 Å². The van der Waals surface area contributed by atoms with Crippen molar-refractivity contribution in [3.05, 3.63) is 34.9 Å². The van der Waals surface area contributed by atoms with E-state index in [1.165, 1.54) is 31.5 Å². The summed E-state index contributed by atoms with van der Waals surface area (Å²) in [6.07, 6.45) is 2.52. The van der Waals surface area contributed by atoms with E-state index in [9.17, 15) is 0 Å². The van der Waals surface area contributed by atoms with E-state index in [0.717, 1.165) is 12.5 Å². The summed E-state index contributed by atoms with van der Waals surface area (Å²) in [5, 5.41) is 0. The Morgan fingerprint density at radius 2 is 2.00 bits per heavy atom. The van der Waals surface area contributed by atoms with Crippen molar-refractivity contribution in [1.82, 2.24) is 4.90 Å². The maximum atomic E-state index is 2.61. The molecule has 0 N–H and O–H groups in total. The van der Waals surface area contributed by atoms with Gasteiger partial charge >= 0.3 is 0 Å². The Morgan fingerprint density at radius 3 is 2.67 bits per heavy atom. The average Bonchev–Trinajstić information content (AvgIpc) is 2.41. The summed E-state index contributed by atoms with van der Waals surface area (Å²) in [5.74, 6) is 0.825. The van der Waals surface area contributed by atoms with E-state index in [1.807, 2.05) is 13.8 Å². The molecule has 1 atom stereocenters. The SMILES string of the molecule is CC.CCC(C)CN1CCc2c(C)cccc2C1. The Balaban J connectivity index is 0.000000771.